The average Bonchev–Trinajstić information content (AvgIpc) is 2.27. The van der Waals surface area contributed by atoms with Crippen LogP contribution in [0.4, 0.5) is 0 Å². The lowest BCUT2D eigenvalue weighted by atomic mass is 10.2. The van der Waals surface area contributed by atoms with Gasteiger partial charge in [0.2, 0.25) is 0 Å². The number of rotatable bonds is 4. The molecule has 6 heteroatoms. The molecule has 1 unspecified atom stereocenters. The largest absolute Gasteiger partial charge is 0.391 e. The van der Waals surface area contributed by atoms with E-state index in [4.69, 9.17) is 5.26 Å². The quantitative estimate of drug-likeness (QED) is 0.582. The van der Waals surface area contributed by atoms with Crippen LogP contribution in [0.25, 0.3) is 0 Å². The van der Waals surface area contributed by atoms with Crippen molar-refractivity contribution in [1.29, 1.82) is 5.26 Å². The van der Waals surface area contributed by atoms with E-state index in [1.54, 1.807) is 23.9 Å². The van der Waals surface area contributed by atoms with Crippen LogP contribution < -0.4 is 0 Å². The second-order valence-corrected chi connectivity index (χ2v) is 6.39. The lowest BCUT2D eigenvalue weighted by molar-refractivity contribution is 0.226. The van der Waals surface area contributed by atoms with E-state index in [1.165, 1.54) is 0 Å². The first-order valence-corrected chi connectivity index (χ1v) is 8.03. The van der Waals surface area contributed by atoms with Gasteiger partial charge < -0.3 is 5.11 Å². The third kappa shape index (κ3) is 4.04. The van der Waals surface area contributed by atoms with Crippen LogP contribution in [0.5, 0.6) is 0 Å². The minimum absolute atomic E-state index is 0.376. The Morgan fingerprint density at radius 2 is 1.94 bits per heavy atom. The summed E-state index contributed by atoms with van der Waals surface area (Å²) in [6.45, 7) is 0. The topological polar surface area (TPSA) is 44.0 Å². The van der Waals surface area contributed by atoms with Gasteiger partial charge >= 0.3 is 0 Å². The molecule has 16 heavy (non-hydrogen) atoms. The summed E-state index contributed by atoms with van der Waals surface area (Å²) in [4.78, 5) is 0.999. The summed E-state index contributed by atoms with van der Waals surface area (Å²) in [5.41, 5.74) is 0.601. The summed E-state index contributed by atoms with van der Waals surface area (Å²) >= 11 is 11.6. The molecule has 0 bridgehead atoms. The van der Waals surface area contributed by atoms with Crippen molar-refractivity contribution in [3.8, 4) is 6.07 Å². The highest BCUT2D eigenvalue weighted by Crippen LogP contribution is 2.35. The van der Waals surface area contributed by atoms with E-state index in [0.29, 0.717) is 16.6 Å². The molecule has 0 aliphatic carbocycles. The summed E-state index contributed by atoms with van der Waals surface area (Å²) in [6, 6.07) is 5.63. The van der Waals surface area contributed by atoms with Crippen LogP contribution in [0.15, 0.2) is 26.0 Å². The zero-order valence-corrected chi connectivity index (χ0v) is 13.7. The van der Waals surface area contributed by atoms with Crippen molar-refractivity contribution in [3.63, 3.8) is 0 Å². The van der Waals surface area contributed by atoms with Gasteiger partial charge in [-0.25, -0.2) is 0 Å². The summed E-state index contributed by atoms with van der Waals surface area (Å²) in [5.74, 6) is 0.606. The predicted molar refractivity (Wildman–Crippen MR) is 77.1 cm³/mol. The number of nitriles is 1. The van der Waals surface area contributed by atoms with Gasteiger partial charge in [0, 0.05) is 24.9 Å². The Bertz CT molecular complexity index is 396. The van der Waals surface area contributed by atoms with Gasteiger partial charge in [0.1, 0.15) is 0 Å². The van der Waals surface area contributed by atoms with Gasteiger partial charge in [-0.05, 0) is 44.0 Å². The number of aliphatic hydroxyl groups is 1. The van der Waals surface area contributed by atoms with Crippen molar-refractivity contribution < 1.29 is 5.11 Å². The van der Waals surface area contributed by atoms with Crippen LogP contribution in [0.2, 0.25) is 0 Å². The minimum atomic E-state index is -0.376. The molecule has 1 aromatic rings. The smallest absolute Gasteiger partial charge is 0.0992 e. The Balaban J connectivity index is 2.85. The van der Waals surface area contributed by atoms with Crippen molar-refractivity contribution in [3.05, 3.63) is 26.6 Å². The van der Waals surface area contributed by atoms with Gasteiger partial charge in [0.15, 0.2) is 0 Å². The second kappa shape index (κ2) is 7.02. The Morgan fingerprint density at radius 1 is 1.38 bits per heavy atom. The molecule has 1 atom stereocenters. The standard InChI is InChI=1S/C10H8Br3NOS/c11-3-7(15)5-16-10-8(12)1-6(4-14)2-9(10)13/h1-2,7,15H,3,5H2. The second-order valence-electron chi connectivity index (χ2n) is 3.00. The molecule has 0 spiro atoms. The Kier molecular flexibility index (Phi) is 6.37. The Hall–Kier alpha value is 0.460. The zero-order chi connectivity index (χ0) is 12.1. The highest BCUT2D eigenvalue weighted by Gasteiger charge is 2.10. The Labute approximate surface area is 124 Å². The molecule has 0 aliphatic heterocycles. The van der Waals surface area contributed by atoms with Crippen molar-refractivity contribution >= 4 is 59.6 Å². The molecule has 2 nitrogen and oxygen atoms in total. The molecular formula is C10H8Br3NOS. The van der Waals surface area contributed by atoms with E-state index in [0.717, 1.165) is 13.8 Å². The third-order valence-corrected chi connectivity index (χ3v) is 5.53. The summed E-state index contributed by atoms with van der Waals surface area (Å²) in [7, 11) is 0. The van der Waals surface area contributed by atoms with E-state index >= 15 is 0 Å². The van der Waals surface area contributed by atoms with Crippen LogP contribution in [0, 0.1) is 11.3 Å². The molecule has 0 radical (unpaired) electrons. The molecule has 86 valence electrons. The Morgan fingerprint density at radius 3 is 2.38 bits per heavy atom. The maximum absolute atomic E-state index is 9.45. The molecule has 0 saturated heterocycles. The lowest BCUT2D eigenvalue weighted by Gasteiger charge is -2.10. The molecule has 0 aliphatic rings. The maximum Gasteiger partial charge on any atom is 0.0992 e. The van der Waals surface area contributed by atoms with Gasteiger partial charge in [0.25, 0.3) is 0 Å². The third-order valence-electron chi connectivity index (χ3n) is 1.73. The minimum Gasteiger partial charge on any atom is -0.391 e. The van der Waals surface area contributed by atoms with E-state index in [-0.39, 0.29) is 6.10 Å². The number of benzene rings is 1. The normalized spacial score (nSPS) is 12.2. The van der Waals surface area contributed by atoms with Crippen molar-refractivity contribution in [2.75, 3.05) is 11.1 Å². The first kappa shape index (κ1) is 14.5. The van der Waals surface area contributed by atoms with Crippen LogP contribution >= 0.6 is 59.6 Å². The van der Waals surface area contributed by atoms with Gasteiger partial charge in [0.05, 0.1) is 17.7 Å². The van der Waals surface area contributed by atoms with E-state index in [2.05, 4.69) is 53.9 Å². The SMILES string of the molecule is N#Cc1cc(Br)c(SCC(O)CBr)c(Br)c1. The molecule has 0 aromatic heterocycles. The number of hydrogen-bond acceptors (Lipinski definition) is 3. The average molecular weight is 430 g/mol. The number of aliphatic hydroxyl groups excluding tert-OH is 1. The molecule has 0 saturated carbocycles. The number of thioether (sulfide) groups is 1. The summed E-state index contributed by atoms with van der Waals surface area (Å²) in [5, 5.41) is 18.8. The first-order valence-electron chi connectivity index (χ1n) is 4.34. The summed E-state index contributed by atoms with van der Waals surface area (Å²) < 4.78 is 1.73. The lowest BCUT2D eigenvalue weighted by Crippen LogP contribution is -2.10. The monoisotopic (exact) mass is 427 g/mol. The van der Waals surface area contributed by atoms with Crippen molar-refractivity contribution in [2.45, 2.75) is 11.0 Å². The maximum atomic E-state index is 9.45. The number of nitrogens with zero attached hydrogens (tertiary/aromatic N) is 1. The van der Waals surface area contributed by atoms with Crippen LogP contribution in [-0.2, 0) is 0 Å². The number of halogens is 3. The number of hydrogen-bond donors (Lipinski definition) is 1. The molecule has 1 aromatic carbocycles. The van der Waals surface area contributed by atoms with E-state index in [1.807, 2.05) is 0 Å². The van der Waals surface area contributed by atoms with E-state index in [9.17, 15) is 5.11 Å². The fraction of sp³-hybridized carbons (Fsp3) is 0.300. The molecule has 0 amide bonds. The van der Waals surface area contributed by atoms with Crippen LogP contribution in [0.3, 0.4) is 0 Å². The molecular weight excluding hydrogens is 422 g/mol. The fourth-order valence-electron chi connectivity index (χ4n) is 0.986. The van der Waals surface area contributed by atoms with Crippen molar-refractivity contribution in [2.24, 2.45) is 0 Å². The van der Waals surface area contributed by atoms with Crippen LogP contribution in [0.1, 0.15) is 5.56 Å². The van der Waals surface area contributed by atoms with Crippen molar-refractivity contribution in [1.82, 2.24) is 0 Å². The van der Waals surface area contributed by atoms with Crippen LogP contribution in [-0.4, -0.2) is 22.3 Å². The first-order chi connectivity index (χ1) is 7.58. The fourth-order valence-corrected chi connectivity index (χ4v) is 4.26. The predicted octanol–water partition coefficient (Wildman–Crippen LogP) is 3.93. The number of alkyl halides is 1. The van der Waals surface area contributed by atoms with Gasteiger partial charge in [-0.2, -0.15) is 5.26 Å². The highest BCUT2D eigenvalue weighted by atomic mass is 79.9. The van der Waals surface area contributed by atoms with E-state index < -0.39 is 0 Å². The molecule has 0 heterocycles. The zero-order valence-electron chi connectivity index (χ0n) is 8.08. The van der Waals surface area contributed by atoms with Gasteiger partial charge in [-0.3, -0.25) is 0 Å². The molecule has 1 N–H and O–H groups in total. The van der Waals surface area contributed by atoms with Gasteiger partial charge in [-0.15, -0.1) is 11.8 Å². The van der Waals surface area contributed by atoms with Gasteiger partial charge in [-0.1, -0.05) is 15.9 Å². The summed E-state index contributed by atoms with van der Waals surface area (Å²) in [6.07, 6.45) is -0.376. The molecule has 0 fully saturated rings. The molecule has 1 rings (SSSR count). The highest BCUT2D eigenvalue weighted by molar-refractivity contribution is 9.11.